The molecule has 18 heavy (non-hydrogen) atoms. The topological polar surface area (TPSA) is 29.5 Å². The van der Waals surface area contributed by atoms with Gasteiger partial charge in [-0.05, 0) is 45.1 Å². The summed E-state index contributed by atoms with van der Waals surface area (Å²) in [4.78, 5) is 14.0. The maximum Gasteiger partial charge on any atom is 0.131 e. The third-order valence-electron chi connectivity index (χ3n) is 4.36. The Morgan fingerprint density at radius 3 is 2.67 bits per heavy atom. The number of carbonyl (C=O) groups excluding carboxylic acids is 1. The Hall–Kier alpha value is -0.410. The quantitative estimate of drug-likeness (QED) is 0.771. The SMILES string of the molecule is CC(=O)CC1CCCCCN1CC1CCOCC1. The van der Waals surface area contributed by atoms with Crippen molar-refractivity contribution in [1.29, 1.82) is 0 Å². The number of hydrogen-bond donors (Lipinski definition) is 0. The Morgan fingerprint density at radius 2 is 1.94 bits per heavy atom. The molecule has 0 radical (unpaired) electrons. The van der Waals surface area contributed by atoms with Gasteiger partial charge in [0.25, 0.3) is 0 Å². The average Bonchev–Trinajstić information content (AvgIpc) is 2.56. The highest BCUT2D eigenvalue weighted by Gasteiger charge is 2.25. The average molecular weight is 253 g/mol. The molecule has 2 aliphatic rings. The summed E-state index contributed by atoms with van der Waals surface area (Å²) in [5.74, 6) is 1.13. The van der Waals surface area contributed by atoms with Crippen molar-refractivity contribution >= 4 is 5.78 Å². The monoisotopic (exact) mass is 253 g/mol. The van der Waals surface area contributed by atoms with Gasteiger partial charge in [-0.3, -0.25) is 9.69 Å². The fraction of sp³-hybridized carbons (Fsp3) is 0.933. The number of carbonyl (C=O) groups is 1. The Morgan fingerprint density at radius 1 is 1.17 bits per heavy atom. The van der Waals surface area contributed by atoms with E-state index in [2.05, 4.69) is 4.90 Å². The first-order valence-corrected chi connectivity index (χ1v) is 7.57. The van der Waals surface area contributed by atoms with E-state index in [-0.39, 0.29) is 0 Å². The highest BCUT2D eigenvalue weighted by molar-refractivity contribution is 5.76. The zero-order chi connectivity index (χ0) is 12.8. The number of nitrogens with zero attached hydrogens (tertiary/aromatic N) is 1. The normalized spacial score (nSPS) is 27.9. The van der Waals surface area contributed by atoms with Gasteiger partial charge in [0, 0.05) is 32.2 Å². The van der Waals surface area contributed by atoms with Gasteiger partial charge in [-0.2, -0.15) is 0 Å². The van der Waals surface area contributed by atoms with Crippen LogP contribution in [0.3, 0.4) is 0 Å². The van der Waals surface area contributed by atoms with Crippen molar-refractivity contribution in [2.24, 2.45) is 5.92 Å². The molecule has 1 unspecified atom stereocenters. The van der Waals surface area contributed by atoms with Crippen LogP contribution in [0.2, 0.25) is 0 Å². The van der Waals surface area contributed by atoms with E-state index in [4.69, 9.17) is 4.74 Å². The summed E-state index contributed by atoms with van der Waals surface area (Å²) in [5, 5.41) is 0. The smallest absolute Gasteiger partial charge is 0.131 e. The van der Waals surface area contributed by atoms with Gasteiger partial charge in [0.05, 0.1) is 0 Å². The van der Waals surface area contributed by atoms with Crippen LogP contribution in [0.15, 0.2) is 0 Å². The second-order valence-corrected chi connectivity index (χ2v) is 5.96. The van der Waals surface area contributed by atoms with E-state index in [1.807, 2.05) is 0 Å². The number of hydrogen-bond acceptors (Lipinski definition) is 3. The predicted octanol–water partition coefficient (Wildman–Crippen LogP) is 2.64. The van der Waals surface area contributed by atoms with Crippen molar-refractivity contribution in [3.8, 4) is 0 Å². The van der Waals surface area contributed by atoms with Gasteiger partial charge >= 0.3 is 0 Å². The first kappa shape index (κ1) is 14.0. The van der Waals surface area contributed by atoms with E-state index < -0.39 is 0 Å². The van der Waals surface area contributed by atoms with Gasteiger partial charge in [-0.25, -0.2) is 0 Å². The Kier molecular flexibility index (Phi) is 5.64. The third-order valence-corrected chi connectivity index (χ3v) is 4.36. The zero-order valence-corrected chi connectivity index (χ0v) is 11.7. The summed E-state index contributed by atoms with van der Waals surface area (Å²) in [5.41, 5.74) is 0. The lowest BCUT2D eigenvalue weighted by Crippen LogP contribution is -2.40. The molecular weight excluding hydrogens is 226 g/mol. The van der Waals surface area contributed by atoms with E-state index in [0.717, 1.165) is 25.6 Å². The molecule has 2 heterocycles. The lowest BCUT2D eigenvalue weighted by molar-refractivity contribution is -0.118. The van der Waals surface area contributed by atoms with E-state index >= 15 is 0 Å². The van der Waals surface area contributed by atoms with Gasteiger partial charge in [-0.1, -0.05) is 12.8 Å². The molecule has 2 rings (SSSR count). The van der Waals surface area contributed by atoms with Crippen molar-refractivity contribution in [2.45, 2.75) is 57.9 Å². The predicted molar refractivity (Wildman–Crippen MR) is 72.7 cm³/mol. The molecule has 3 heteroatoms. The largest absolute Gasteiger partial charge is 0.381 e. The fourth-order valence-electron chi connectivity index (χ4n) is 3.30. The van der Waals surface area contributed by atoms with Crippen LogP contribution < -0.4 is 0 Å². The van der Waals surface area contributed by atoms with Crippen LogP contribution >= 0.6 is 0 Å². The molecule has 1 atom stereocenters. The number of ketones is 1. The summed E-state index contributed by atoms with van der Waals surface area (Å²) in [6.45, 7) is 5.96. The van der Waals surface area contributed by atoms with Gasteiger partial charge < -0.3 is 4.74 Å². The van der Waals surface area contributed by atoms with Gasteiger partial charge in [0.15, 0.2) is 0 Å². The molecule has 0 N–H and O–H groups in total. The van der Waals surface area contributed by atoms with Crippen LogP contribution in [0.25, 0.3) is 0 Å². The molecule has 0 aromatic rings. The minimum Gasteiger partial charge on any atom is -0.381 e. The van der Waals surface area contributed by atoms with Crippen LogP contribution in [-0.2, 0) is 9.53 Å². The summed E-state index contributed by atoms with van der Waals surface area (Å²) in [6, 6.07) is 0.507. The van der Waals surface area contributed by atoms with Crippen molar-refractivity contribution < 1.29 is 9.53 Å². The van der Waals surface area contributed by atoms with Crippen molar-refractivity contribution in [2.75, 3.05) is 26.3 Å². The molecule has 2 fully saturated rings. The summed E-state index contributed by atoms with van der Waals surface area (Å²) in [7, 11) is 0. The molecule has 0 aromatic heterocycles. The van der Waals surface area contributed by atoms with Crippen LogP contribution in [-0.4, -0.2) is 43.0 Å². The lowest BCUT2D eigenvalue weighted by atomic mass is 9.97. The highest BCUT2D eigenvalue weighted by Crippen LogP contribution is 2.24. The summed E-state index contributed by atoms with van der Waals surface area (Å²) < 4.78 is 5.43. The number of likely N-dealkylation sites (tertiary alicyclic amines) is 1. The Bertz CT molecular complexity index is 261. The maximum atomic E-state index is 11.4. The molecule has 0 saturated carbocycles. The molecular formula is C15H27NO2. The number of rotatable bonds is 4. The van der Waals surface area contributed by atoms with Crippen LogP contribution in [0.1, 0.15) is 51.9 Å². The molecule has 2 aliphatic heterocycles. The molecule has 0 aromatic carbocycles. The van der Waals surface area contributed by atoms with Gasteiger partial charge in [0.1, 0.15) is 5.78 Å². The fourth-order valence-corrected chi connectivity index (χ4v) is 3.30. The number of ether oxygens (including phenoxy) is 1. The second-order valence-electron chi connectivity index (χ2n) is 5.96. The molecule has 2 saturated heterocycles. The third kappa shape index (κ3) is 4.36. The molecule has 3 nitrogen and oxygen atoms in total. The van der Waals surface area contributed by atoms with Crippen molar-refractivity contribution in [1.82, 2.24) is 4.90 Å². The molecule has 0 bridgehead atoms. The second kappa shape index (κ2) is 7.25. The van der Waals surface area contributed by atoms with E-state index in [1.54, 1.807) is 6.92 Å². The van der Waals surface area contributed by atoms with E-state index in [1.165, 1.54) is 51.6 Å². The van der Waals surface area contributed by atoms with Crippen molar-refractivity contribution in [3.05, 3.63) is 0 Å². The highest BCUT2D eigenvalue weighted by atomic mass is 16.5. The molecule has 0 aliphatic carbocycles. The molecule has 0 spiro atoms. The van der Waals surface area contributed by atoms with Crippen LogP contribution in [0, 0.1) is 5.92 Å². The first-order valence-electron chi connectivity index (χ1n) is 7.57. The van der Waals surface area contributed by atoms with Crippen LogP contribution in [0.5, 0.6) is 0 Å². The van der Waals surface area contributed by atoms with E-state index in [0.29, 0.717) is 11.8 Å². The minimum atomic E-state index is 0.346. The maximum absolute atomic E-state index is 11.4. The first-order chi connectivity index (χ1) is 8.75. The molecule has 104 valence electrons. The van der Waals surface area contributed by atoms with Crippen LogP contribution in [0.4, 0.5) is 0 Å². The lowest BCUT2D eigenvalue weighted by Gasteiger charge is -2.34. The summed E-state index contributed by atoms with van der Waals surface area (Å²) >= 11 is 0. The standard InChI is InChI=1S/C15H27NO2/c1-13(17)11-15-5-3-2-4-8-16(15)12-14-6-9-18-10-7-14/h14-15H,2-12H2,1H3. The van der Waals surface area contributed by atoms with Gasteiger partial charge in [-0.15, -0.1) is 0 Å². The van der Waals surface area contributed by atoms with Crippen molar-refractivity contribution in [3.63, 3.8) is 0 Å². The Balaban J connectivity index is 1.89. The molecule has 0 amide bonds. The minimum absolute atomic E-state index is 0.346. The van der Waals surface area contributed by atoms with Gasteiger partial charge in [0.2, 0.25) is 0 Å². The zero-order valence-electron chi connectivity index (χ0n) is 11.7. The number of Topliss-reactive ketones (excluding diaryl/α,β-unsaturated/α-hetero) is 1. The Labute approximate surface area is 111 Å². The van der Waals surface area contributed by atoms with E-state index in [9.17, 15) is 4.79 Å². The summed E-state index contributed by atoms with van der Waals surface area (Å²) in [6.07, 6.45) is 8.29.